The molecule has 0 spiro atoms. The second kappa shape index (κ2) is 7.72. The molecule has 0 saturated carbocycles. The zero-order valence-electron chi connectivity index (χ0n) is 16.8. The molecule has 3 aliphatic rings. The first kappa shape index (κ1) is 18.5. The van der Waals surface area contributed by atoms with E-state index in [9.17, 15) is 4.79 Å². The molecule has 2 unspecified atom stereocenters. The molecule has 4 heterocycles. The third-order valence-corrected chi connectivity index (χ3v) is 6.24. The van der Waals surface area contributed by atoms with Crippen molar-refractivity contribution < 1.29 is 4.74 Å². The molecule has 2 aromatic heterocycles. The van der Waals surface area contributed by atoms with Crippen LogP contribution in [0.15, 0.2) is 40.9 Å². The molecule has 1 N–H and O–H groups in total. The molecule has 7 heteroatoms. The van der Waals surface area contributed by atoms with E-state index >= 15 is 0 Å². The third-order valence-electron chi connectivity index (χ3n) is 6.24. The standard InChI is InChI=1S/C22H27N5O2/c1-15-12-26(13-16-5-3-2-4-6-16)14-18(15)20-24-22(28)19-11-23-21(27(19)25-20)17-7-9-29-10-8-17/h2-3,5,7,11,15,18H,4,6,8-10,12-14H2,1H3,(H,24,25,28). The molecular formula is C22H27N5O2. The Morgan fingerprint density at radius 1 is 1.31 bits per heavy atom. The smallest absolute Gasteiger partial charge is 0.276 e. The first-order chi connectivity index (χ1) is 14.2. The molecule has 2 atom stereocenters. The Labute approximate surface area is 169 Å². The van der Waals surface area contributed by atoms with Gasteiger partial charge >= 0.3 is 0 Å². The van der Waals surface area contributed by atoms with Gasteiger partial charge < -0.3 is 9.72 Å². The lowest BCUT2D eigenvalue weighted by Gasteiger charge is -2.19. The highest BCUT2D eigenvalue weighted by Gasteiger charge is 2.33. The number of likely N-dealkylation sites (tertiary alicyclic amines) is 1. The number of allylic oxidation sites excluding steroid dienone is 3. The Hall–Kier alpha value is -2.51. The number of nitrogens with one attached hydrogen (secondary N) is 1. The van der Waals surface area contributed by atoms with E-state index in [2.05, 4.69) is 40.0 Å². The van der Waals surface area contributed by atoms with Crippen molar-refractivity contribution in [3.05, 3.63) is 58.1 Å². The number of H-pyrrole nitrogens is 1. The summed E-state index contributed by atoms with van der Waals surface area (Å²) in [7, 11) is 0. The lowest BCUT2D eigenvalue weighted by Crippen LogP contribution is -2.25. The number of imidazole rings is 1. The van der Waals surface area contributed by atoms with Crippen LogP contribution in [0.4, 0.5) is 0 Å². The molecule has 1 fully saturated rings. The molecule has 0 radical (unpaired) electrons. The second-order valence-electron chi connectivity index (χ2n) is 8.34. The monoisotopic (exact) mass is 393 g/mol. The molecule has 0 aromatic carbocycles. The average molecular weight is 393 g/mol. The third kappa shape index (κ3) is 3.60. The van der Waals surface area contributed by atoms with E-state index in [1.165, 1.54) is 5.57 Å². The number of aromatic nitrogens is 4. The van der Waals surface area contributed by atoms with Crippen molar-refractivity contribution in [3.8, 4) is 0 Å². The summed E-state index contributed by atoms with van der Waals surface area (Å²) < 4.78 is 7.14. The molecular weight excluding hydrogens is 366 g/mol. The second-order valence-corrected chi connectivity index (χ2v) is 8.34. The van der Waals surface area contributed by atoms with Gasteiger partial charge in [0.15, 0.2) is 11.3 Å². The molecule has 1 saturated heterocycles. The van der Waals surface area contributed by atoms with Crippen LogP contribution in [0.2, 0.25) is 0 Å². The van der Waals surface area contributed by atoms with Crippen molar-refractivity contribution >= 4 is 11.1 Å². The molecule has 0 amide bonds. The van der Waals surface area contributed by atoms with E-state index in [0.717, 1.165) is 56.1 Å². The van der Waals surface area contributed by atoms with Crippen LogP contribution >= 0.6 is 0 Å². The van der Waals surface area contributed by atoms with Crippen LogP contribution < -0.4 is 5.56 Å². The minimum atomic E-state index is -0.118. The van der Waals surface area contributed by atoms with Crippen LogP contribution in [-0.2, 0) is 4.74 Å². The van der Waals surface area contributed by atoms with E-state index in [1.54, 1.807) is 10.7 Å². The van der Waals surface area contributed by atoms with Crippen molar-refractivity contribution in [2.24, 2.45) is 5.92 Å². The Kier molecular flexibility index (Phi) is 4.93. The predicted octanol–water partition coefficient (Wildman–Crippen LogP) is 2.53. The largest absolute Gasteiger partial charge is 0.377 e. The summed E-state index contributed by atoms with van der Waals surface area (Å²) >= 11 is 0. The summed E-state index contributed by atoms with van der Waals surface area (Å²) in [5, 5.41) is 4.85. The fourth-order valence-electron chi connectivity index (χ4n) is 4.65. The average Bonchev–Trinajstić information content (AvgIpc) is 3.33. The summed E-state index contributed by atoms with van der Waals surface area (Å²) in [6.07, 6.45) is 13.3. The van der Waals surface area contributed by atoms with Gasteiger partial charge in [-0.1, -0.05) is 36.8 Å². The van der Waals surface area contributed by atoms with Gasteiger partial charge in [0.25, 0.3) is 5.56 Å². The molecule has 0 bridgehead atoms. The SMILES string of the molecule is CC1CN(CC2=CC=CCC2)CC1c1nn2c(C3=CCOCC3)ncc2c(=O)[nH]1. The highest BCUT2D eigenvalue weighted by atomic mass is 16.5. The van der Waals surface area contributed by atoms with Crippen molar-refractivity contribution in [1.82, 2.24) is 24.5 Å². The van der Waals surface area contributed by atoms with Crippen LogP contribution in [0.1, 0.15) is 43.8 Å². The Balaban J connectivity index is 1.43. The van der Waals surface area contributed by atoms with Crippen LogP contribution in [0.25, 0.3) is 11.1 Å². The fourth-order valence-corrected chi connectivity index (χ4v) is 4.65. The summed E-state index contributed by atoms with van der Waals surface area (Å²) in [5.74, 6) is 2.18. The molecule has 5 rings (SSSR count). The number of fused-ring (bicyclic) bond motifs is 1. The van der Waals surface area contributed by atoms with Gasteiger partial charge in [-0.2, -0.15) is 5.10 Å². The number of nitrogens with zero attached hydrogens (tertiary/aromatic N) is 4. The lowest BCUT2D eigenvalue weighted by molar-refractivity contribution is 0.161. The summed E-state index contributed by atoms with van der Waals surface area (Å²) in [4.78, 5) is 22.7. The number of aromatic amines is 1. The van der Waals surface area contributed by atoms with Gasteiger partial charge in [0, 0.05) is 25.6 Å². The normalized spacial score (nSPS) is 25.4. The van der Waals surface area contributed by atoms with Gasteiger partial charge in [-0.3, -0.25) is 9.69 Å². The van der Waals surface area contributed by atoms with Gasteiger partial charge in [-0.05, 0) is 30.8 Å². The maximum atomic E-state index is 12.7. The maximum Gasteiger partial charge on any atom is 0.276 e. The molecule has 7 nitrogen and oxygen atoms in total. The molecule has 2 aromatic rings. The van der Waals surface area contributed by atoms with Crippen molar-refractivity contribution in [3.63, 3.8) is 0 Å². The zero-order chi connectivity index (χ0) is 19.8. The summed E-state index contributed by atoms with van der Waals surface area (Å²) in [6.45, 7) is 6.45. The van der Waals surface area contributed by atoms with E-state index in [4.69, 9.17) is 9.84 Å². The van der Waals surface area contributed by atoms with Crippen LogP contribution in [0.3, 0.4) is 0 Å². The van der Waals surface area contributed by atoms with E-state index < -0.39 is 0 Å². The van der Waals surface area contributed by atoms with Gasteiger partial charge in [0.05, 0.1) is 19.4 Å². The Morgan fingerprint density at radius 3 is 3.03 bits per heavy atom. The van der Waals surface area contributed by atoms with Crippen molar-refractivity contribution in [2.75, 3.05) is 32.8 Å². The number of rotatable bonds is 4. The summed E-state index contributed by atoms with van der Waals surface area (Å²) in [6, 6.07) is 0. The summed E-state index contributed by atoms with van der Waals surface area (Å²) in [5.41, 5.74) is 2.96. The lowest BCUT2D eigenvalue weighted by atomic mass is 9.97. The first-order valence-corrected chi connectivity index (χ1v) is 10.5. The minimum Gasteiger partial charge on any atom is -0.377 e. The Bertz CT molecular complexity index is 1060. The van der Waals surface area contributed by atoms with Gasteiger partial charge in [-0.25, -0.2) is 9.50 Å². The molecule has 29 heavy (non-hydrogen) atoms. The van der Waals surface area contributed by atoms with Gasteiger partial charge in [-0.15, -0.1) is 0 Å². The highest BCUT2D eigenvalue weighted by molar-refractivity contribution is 5.64. The van der Waals surface area contributed by atoms with Gasteiger partial charge in [0.1, 0.15) is 5.82 Å². The predicted molar refractivity (Wildman–Crippen MR) is 112 cm³/mol. The van der Waals surface area contributed by atoms with E-state index in [1.807, 2.05) is 6.08 Å². The number of hydrogen-bond acceptors (Lipinski definition) is 5. The highest BCUT2D eigenvalue weighted by Crippen LogP contribution is 2.31. The van der Waals surface area contributed by atoms with Crippen LogP contribution in [0.5, 0.6) is 0 Å². The zero-order valence-corrected chi connectivity index (χ0v) is 16.8. The number of hydrogen-bond donors (Lipinski definition) is 1. The topological polar surface area (TPSA) is 75.5 Å². The Morgan fingerprint density at radius 2 is 2.24 bits per heavy atom. The quantitative estimate of drug-likeness (QED) is 0.864. The fraction of sp³-hybridized carbons (Fsp3) is 0.500. The maximum absolute atomic E-state index is 12.7. The molecule has 1 aliphatic carbocycles. The van der Waals surface area contributed by atoms with Crippen LogP contribution in [0, 0.1) is 5.92 Å². The van der Waals surface area contributed by atoms with E-state index in [0.29, 0.717) is 24.6 Å². The van der Waals surface area contributed by atoms with Crippen molar-refractivity contribution in [1.29, 1.82) is 0 Å². The van der Waals surface area contributed by atoms with Crippen LogP contribution in [-0.4, -0.2) is 57.3 Å². The van der Waals surface area contributed by atoms with Gasteiger partial charge in [0.2, 0.25) is 0 Å². The molecule has 152 valence electrons. The number of ether oxygens (including phenoxy) is 1. The minimum absolute atomic E-state index is 0.118. The van der Waals surface area contributed by atoms with E-state index in [-0.39, 0.29) is 11.5 Å². The first-order valence-electron chi connectivity index (χ1n) is 10.5. The van der Waals surface area contributed by atoms with Crippen molar-refractivity contribution in [2.45, 2.75) is 32.1 Å². The molecule has 2 aliphatic heterocycles.